The zero-order chi connectivity index (χ0) is 10.4. The quantitative estimate of drug-likeness (QED) is 0.517. The van der Waals surface area contributed by atoms with Gasteiger partial charge >= 0.3 is 0 Å². The molecule has 0 radical (unpaired) electrons. The minimum Gasteiger partial charge on any atom is -0.381 e. The van der Waals surface area contributed by atoms with E-state index in [1.54, 1.807) is 0 Å². The number of alkyl halides is 1. The molecule has 0 atom stereocenters. The molecular formula is C11H20ClNO. The summed E-state index contributed by atoms with van der Waals surface area (Å²) in [7, 11) is 2.13. The minimum atomic E-state index is 0.568. The standard InChI is InChI=1S/C11H20ClNO/c1-10(7-12)8-13(2)9-11-3-5-14-6-4-11/h11H,1,3-9H2,2H3. The van der Waals surface area contributed by atoms with Crippen LogP contribution >= 0.6 is 11.6 Å². The Labute approximate surface area is 91.9 Å². The molecule has 0 bridgehead atoms. The summed E-state index contributed by atoms with van der Waals surface area (Å²) in [5.74, 6) is 1.36. The predicted molar refractivity (Wildman–Crippen MR) is 60.9 cm³/mol. The first-order valence-corrected chi connectivity index (χ1v) is 5.74. The zero-order valence-corrected chi connectivity index (χ0v) is 9.72. The number of halogens is 1. The summed E-state index contributed by atoms with van der Waals surface area (Å²) >= 11 is 5.69. The topological polar surface area (TPSA) is 12.5 Å². The van der Waals surface area contributed by atoms with Gasteiger partial charge in [0, 0.05) is 32.2 Å². The molecule has 0 N–H and O–H groups in total. The molecule has 14 heavy (non-hydrogen) atoms. The van der Waals surface area contributed by atoms with Crippen LogP contribution in [0, 0.1) is 5.92 Å². The number of likely N-dealkylation sites (N-methyl/N-ethyl adjacent to an activating group) is 1. The lowest BCUT2D eigenvalue weighted by Gasteiger charge is -2.27. The van der Waals surface area contributed by atoms with Crippen molar-refractivity contribution in [1.29, 1.82) is 0 Å². The van der Waals surface area contributed by atoms with E-state index in [1.165, 1.54) is 12.8 Å². The van der Waals surface area contributed by atoms with Gasteiger partial charge in [0.15, 0.2) is 0 Å². The highest BCUT2D eigenvalue weighted by molar-refractivity contribution is 6.19. The Hall–Kier alpha value is -0.0500. The normalized spacial score (nSPS) is 18.8. The van der Waals surface area contributed by atoms with Gasteiger partial charge in [0.2, 0.25) is 0 Å². The van der Waals surface area contributed by atoms with Crippen LogP contribution in [0.3, 0.4) is 0 Å². The van der Waals surface area contributed by atoms with Gasteiger partial charge in [0.25, 0.3) is 0 Å². The second kappa shape index (κ2) is 6.44. The van der Waals surface area contributed by atoms with Crippen LogP contribution in [0.1, 0.15) is 12.8 Å². The van der Waals surface area contributed by atoms with Crippen LogP contribution in [0.25, 0.3) is 0 Å². The molecule has 0 aromatic rings. The molecule has 0 spiro atoms. The van der Waals surface area contributed by atoms with Gasteiger partial charge in [0.1, 0.15) is 0 Å². The minimum absolute atomic E-state index is 0.568. The Morgan fingerprint density at radius 2 is 2.14 bits per heavy atom. The van der Waals surface area contributed by atoms with Gasteiger partial charge in [-0.3, -0.25) is 0 Å². The van der Waals surface area contributed by atoms with Gasteiger partial charge in [-0.2, -0.15) is 0 Å². The van der Waals surface area contributed by atoms with Crippen LogP contribution in [0.5, 0.6) is 0 Å². The molecular weight excluding hydrogens is 198 g/mol. The number of rotatable bonds is 5. The van der Waals surface area contributed by atoms with Crippen LogP contribution in [-0.4, -0.2) is 44.1 Å². The third kappa shape index (κ3) is 4.45. The first-order valence-electron chi connectivity index (χ1n) is 5.21. The van der Waals surface area contributed by atoms with Crippen LogP contribution in [-0.2, 0) is 4.74 Å². The first-order chi connectivity index (χ1) is 6.72. The smallest absolute Gasteiger partial charge is 0.0469 e. The lowest BCUT2D eigenvalue weighted by atomic mass is 10.00. The Morgan fingerprint density at radius 1 is 1.50 bits per heavy atom. The van der Waals surface area contributed by atoms with Gasteiger partial charge in [-0.05, 0) is 31.4 Å². The molecule has 1 fully saturated rings. The SMILES string of the molecule is C=C(CCl)CN(C)CC1CCOCC1. The number of ether oxygens (including phenoxy) is 1. The summed E-state index contributed by atoms with van der Waals surface area (Å²) in [6.07, 6.45) is 2.38. The largest absolute Gasteiger partial charge is 0.381 e. The molecule has 1 heterocycles. The van der Waals surface area contributed by atoms with Gasteiger partial charge in [-0.25, -0.2) is 0 Å². The van der Waals surface area contributed by atoms with Gasteiger partial charge in [-0.15, -0.1) is 11.6 Å². The summed E-state index contributed by atoms with van der Waals surface area (Å²) in [6.45, 7) is 7.81. The third-order valence-electron chi connectivity index (χ3n) is 2.59. The van der Waals surface area contributed by atoms with Crippen LogP contribution < -0.4 is 0 Å². The molecule has 0 saturated carbocycles. The summed E-state index contributed by atoms with van der Waals surface area (Å²) in [6, 6.07) is 0. The van der Waals surface area contributed by atoms with E-state index >= 15 is 0 Å². The molecule has 3 heteroatoms. The molecule has 2 nitrogen and oxygen atoms in total. The molecule has 0 aromatic carbocycles. The molecule has 0 aromatic heterocycles. The van der Waals surface area contributed by atoms with E-state index in [2.05, 4.69) is 18.5 Å². The van der Waals surface area contributed by atoms with Crippen molar-refractivity contribution >= 4 is 11.6 Å². The maximum atomic E-state index is 5.69. The monoisotopic (exact) mass is 217 g/mol. The highest BCUT2D eigenvalue weighted by Crippen LogP contribution is 2.15. The molecule has 1 saturated heterocycles. The fourth-order valence-corrected chi connectivity index (χ4v) is 1.94. The van der Waals surface area contributed by atoms with Crippen molar-refractivity contribution in [2.24, 2.45) is 5.92 Å². The Balaban J connectivity index is 2.18. The van der Waals surface area contributed by atoms with Crippen molar-refractivity contribution in [3.8, 4) is 0 Å². The maximum Gasteiger partial charge on any atom is 0.0469 e. The second-order valence-electron chi connectivity index (χ2n) is 4.14. The highest BCUT2D eigenvalue weighted by atomic mass is 35.5. The molecule has 1 aliphatic heterocycles. The van der Waals surface area contributed by atoms with E-state index in [0.29, 0.717) is 5.88 Å². The molecule has 0 aliphatic carbocycles. The first kappa shape index (κ1) is 12.0. The van der Waals surface area contributed by atoms with Gasteiger partial charge < -0.3 is 9.64 Å². The fourth-order valence-electron chi connectivity index (χ4n) is 1.86. The van der Waals surface area contributed by atoms with Crippen LogP contribution in [0.4, 0.5) is 0 Å². The Bertz CT molecular complexity index is 178. The van der Waals surface area contributed by atoms with Crippen molar-refractivity contribution in [3.05, 3.63) is 12.2 Å². The van der Waals surface area contributed by atoms with Crippen molar-refractivity contribution in [2.45, 2.75) is 12.8 Å². The zero-order valence-electron chi connectivity index (χ0n) is 8.97. The summed E-state index contributed by atoms with van der Waals surface area (Å²) in [4.78, 5) is 2.31. The van der Waals surface area contributed by atoms with Gasteiger partial charge in [0.05, 0.1) is 0 Å². The van der Waals surface area contributed by atoms with E-state index in [0.717, 1.165) is 37.8 Å². The van der Waals surface area contributed by atoms with Crippen molar-refractivity contribution in [3.63, 3.8) is 0 Å². The Morgan fingerprint density at radius 3 is 2.71 bits per heavy atom. The molecule has 0 unspecified atom stereocenters. The lowest BCUT2D eigenvalue weighted by Crippen LogP contribution is -2.31. The van der Waals surface area contributed by atoms with Crippen molar-refractivity contribution < 1.29 is 4.74 Å². The van der Waals surface area contributed by atoms with E-state index in [1.807, 2.05) is 0 Å². The molecule has 1 aliphatic rings. The van der Waals surface area contributed by atoms with E-state index in [9.17, 15) is 0 Å². The van der Waals surface area contributed by atoms with E-state index < -0.39 is 0 Å². The number of hydrogen-bond acceptors (Lipinski definition) is 2. The molecule has 82 valence electrons. The van der Waals surface area contributed by atoms with Gasteiger partial charge in [-0.1, -0.05) is 6.58 Å². The lowest BCUT2D eigenvalue weighted by molar-refractivity contribution is 0.0567. The highest BCUT2D eigenvalue weighted by Gasteiger charge is 2.15. The number of nitrogens with zero attached hydrogens (tertiary/aromatic N) is 1. The molecule has 1 rings (SSSR count). The third-order valence-corrected chi connectivity index (χ3v) is 2.97. The van der Waals surface area contributed by atoms with E-state index in [4.69, 9.17) is 16.3 Å². The molecule has 0 amide bonds. The van der Waals surface area contributed by atoms with Crippen LogP contribution in [0.2, 0.25) is 0 Å². The van der Waals surface area contributed by atoms with Crippen molar-refractivity contribution in [2.75, 3.05) is 39.2 Å². The van der Waals surface area contributed by atoms with Crippen LogP contribution in [0.15, 0.2) is 12.2 Å². The second-order valence-corrected chi connectivity index (χ2v) is 4.40. The summed E-state index contributed by atoms with van der Waals surface area (Å²) in [5.41, 5.74) is 1.10. The Kier molecular flexibility index (Phi) is 5.53. The average Bonchev–Trinajstić information content (AvgIpc) is 2.19. The van der Waals surface area contributed by atoms with Crippen molar-refractivity contribution in [1.82, 2.24) is 4.90 Å². The number of hydrogen-bond donors (Lipinski definition) is 0. The summed E-state index contributed by atoms with van der Waals surface area (Å²) < 4.78 is 5.33. The fraction of sp³-hybridized carbons (Fsp3) is 0.818. The average molecular weight is 218 g/mol. The maximum absolute atomic E-state index is 5.69. The van der Waals surface area contributed by atoms with E-state index in [-0.39, 0.29) is 0 Å². The summed E-state index contributed by atoms with van der Waals surface area (Å²) in [5, 5.41) is 0. The predicted octanol–water partition coefficient (Wildman–Crippen LogP) is 2.14.